The van der Waals surface area contributed by atoms with Crippen LogP contribution in [-0.2, 0) is 36.5 Å². The maximum atomic E-state index is 12.6. The molecule has 2 heterocycles. The fraction of sp³-hybridized carbons (Fsp3) is 0.375. The third kappa shape index (κ3) is 2.91. The van der Waals surface area contributed by atoms with E-state index in [0.29, 0.717) is 23.4 Å². The second kappa shape index (κ2) is 6.51. The van der Waals surface area contributed by atoms with Crippen molar-refractivity contribution in [1.82, 2.24) is 19.4 Å². The van der Waals surface area contributed by atoms with Crippen LogP contribution >= 0.6 is 0 Å². The van der Waals surface area contributed by atoms with Crippen LogP contribution in [0.2, 0.25) is 0 Å². The van der Waals surface area contributed by atoms with Gasteiger partial charge >= 0.3 is 0 Å². The zero-order valence-electron chi connectivity index (χ0n) is 17.7. The highest BCUT2D eigenvalue weighted by Gasteiger charge is 2.84. The van der Waals surface area contributed by atoms with E-state index in [1.54, 1.807) is 7.05 Å². The Labute approximate surface area is 182 Å². The standard InChI is InChI=1S/C24H26N4O2S/c1-27-15-19(14-25-27)31(29,30)26-13-17-8-9-18-12-24(22-23(24)28(22)2)21(20(18)10-17)11-16-6-4-3-5-7-16/h3-10,14-15,21-23,26H,11-13H2,1-2H3. The lowest BCUT2D eigenvalue weighted by atomic mass is 9.81. The van der Waals surface area contributed by atoms with Crippen LogP contribution in [0.15, 0.2) is 65.8 Å². The Morgan fingerprint density at radius 3 is 2.55 bits per heavy atom. The van der Waals surface area contributed by atoms with Crippen molar-refractivity contribution in [3.63, 3.8) is 0 Å². The lowest BCUT2D eigenvalue weighted by Gasteiger charge is -2.29. The molecule has 160 valence electrons. The summed E-state index contributed by atoms with van der Waals surface area (Å²) in [7, 11) is 0.361. The Morgan fingerprint density at radius 2 is 1.87 bits per heavy atom. The molecule has 2 fully saturated rings. The van der Waals surface area contributed by atoms with Crippen LogP contribution in [0.4, 0.5) is 0 Å². The number of aromatic nitrogens is 2. The van der Waals surface area contributed by atoms with Crippen molar-refractivity contribution in [2.75, 3.05) is 7.05 Å². The van der Waals surface area contributed by atoms with Crippen LogP contribution in [0.3, 0.4) is 0 Å². The van der Waals surface area contributed by atoms with Crippen molar-refractivity contribution in [2.45, 2.75) is 42.3 Å². The highest BCUT2D eigenvalue weighted by Crippen LogP contribution is 2.76. The molecule has 6 nitrogen and oxygen atoms in total. The largest absolute Gasteiger partial charge is 0.296 e. The van der Waals surface area contributed by atoms with E-state index in [0.717, 1.165) is 18.4 Å². The number of likely N-dealkylation sites (N-methyl/N-ethyl adjacent to an activating group) is 1. The van der Waals surface area contributed by atoms with Crippen LogP contribution in [0.1, 0.15) is 28.2 Å². The van der Waals surface area contributed by atoms with Crippen LogP contribution in [-0.4, -0.2) is 42.2 Å². The number of hydrogen-bond donors (Lipinski definition) is 1. The zero-order valence-corrected chi connectivity index (χ0v) is 18.5. The summed E-state index contributed by atoms with van der Waals surface area (Å²) < 4.78 is 29.4. The molecule has 31 heavy (non-hydrogen) atoms. The first-order chi connectivity index (χ1) is 14.9. The lowest BCUT2D eigenvalue weighted by Crippen LogP contribution is -2.31. The van der Waals surface area contributed by atoms with E-state index >= 15 is 0 Å². The number of fused-ring (bicyclic) bond motifs is 4. The van der Waals surface area contributed by atoms with E-state index < -0.39 is 10.0 Å². The molecule has 1 saturated carbocycles. The summed E-state index contributed by atoms with van der Waals surface area (Å²) in [5.41, 5.74) is 5.59. The van der Waals surface area contributed by atoms with Gasteiger partial charge in [0.1, 0.15) is 4.90 Å². The van der Waals surface area contributed by atoms with Crippen molar-refractivity contribution in [3.8, 4) is 0 Å². The third-order valence-electron chi connectivity index (χ3n) is 7.55. The second-order valence-corrected chi connectivity index (χ2v) is 11.1. The quantitative estimate of drug-likeness (QED) is 0.606. The van der Waals surface area contributed by atoms with Gasteiger partial charge in [-0.05, 0) is 48.1 Å². The second-order valence-electron chi connectivity index (χ2n) is 9.29. The van der Waals surface area contributed by atoms with Crippen molar-refractivity contribution < 1.29 is 8.42 Å². The van der Waals surface area contributed by atoms with Gasteiger partial charge in [0.05, 0.1) is 6.20 Å². The molecule has 0 amide bonds. The lowest BCUT2D eigenvalue weighted by molar-refractivity contribution is 0.226. The molecule has 1 N–H and O–H groups in total. The van der Waals surface area contributed by atoms with Gasteiger partial charge in [0.15, 0.2) is 0 Å². The molecule has 6 rings (SSSR count). The third-order valence-corrected chi connectivity index (χ3v) is 8.91. The minimum atomic E-state index is -3.57. The van der Waals surface area contributed by atoms with Crippen LogP contribution in [0, 0.1) is 5.41 Å². The molecule has 1 saturated heterocycles. The summed E-state index contributed by atoms with van der Waals surface area (Å²) in [6.07, 6.45) is 5.07. The van der Waals surface area contributed by atoms with E-state index in [2.05, 4.69) is 70.3 Å². The normalized spacial score (nSPS) is 30.3. The predicted octanol–water partition coefficient (Wildman–Crippen LogP) is 2.46. The van der Waals surface area contributed by atoms with Crippen molar-refractivity contribution >= 4 is 10.0 Å². The molecular formula is C24H26N4O2S. The topological polar surface area (TPSA) is 67.0 Å². The van der Waals surface area contributed by atoms with E-state index in [1.807, 2.05) is 0 Å². The molecule has 0 bridgehead atoms. The van der Waals surface area contributed by atoms with Gasteiger partial charge in [-0.3, -0.25) is 9.58 Å². The molecule has 3 aliphatic rings. The number of hydrogen-bond acceptors (Lipinski definition) is 4. The van der Waals surface area contributed by atoms with Gasteiger partial charge < -0.3 is 0 Å². The molecule has 3 unspecified atom stereocenters. The van der Waals surface area contributed by atoms with Crippen molar-refractivity contribution in [1.29, 1.82) is 0 Å². The molecular weight excluding hydrogens is 408 g/mol. The zero-order chi connectivity index (χ0) is 21.4. The van der Waals surface area contributed by atoms with Crippen LogP contribution < -0.4 is 4.72 Å². The Bertz CT molecular complexity index is 1260. The fourth-order valence-corrected chi connectivity index (χ4v) is 6.99. The maximum absolute atomic E-state index is 12.6. The number of rotatable bonds is 6. The Hall–Kier alpha value is -2.48. The number of nitrogens with zero attached hydrogens (tertiary/aromatic N) is 3. The number of nitrogens with one attached hydrogen (secondary N) is 1. The number of aryl methyl sites for hydroxylation is 1. The number of likely N-dealkylation sites (tertiary alicyclic amines) is 1. The Balaban J connectivity index is 1.26. The molecule has 1 aliphatic heterocycles. The molecule has 1 spiro atoms. The molecule has 2 aliphatic carbocycles. The van der Waals surface area contributed by atoms with Gasteiger partial charge in [-0.15, -0.1) is 0 Å². The first-order valence-corrected chi connectivity index (χ1v) is 12.2. The summed E-state index contributed by atoms with van der Waals surface area (Å²) in [6.45, 7) is 0.280. The summed E-state index contributed by atoms with van der Waals surface area (Å²) in [5, 5.41) is 3.97. The maximum Gasteiger partial charge on any atom is 0.243 e. The first kappa shape index (κ1) is 19.2. The minimum absolute atomic E-state index is 0.193. The molecule has 2 aromatic carbocycles. The van der Waals surface area contributed by atoms with E-state index in [9.17, 15) is 8.42 Å². The van der Waals surface area contributed by atoms with Gasteiger partial charge in [-0.1, -0.05) is 48.5 Å². The first-order valence-electron chi connectivity index (χ1n) is 10.8. The van der Waals surface area contributed by atoms with Gasteiger partial charge in [-0.25, -0.2) is 13.1 Å². The van der Waals surface area contributed by atoms with Gasteiger partial charge in [0.2, 0.25) is 10.0 Å². The van der Waals surface area contributed by atoms with E-state index in [1.165, 1.54) is 33.8 Å². The monoisotopic (exact) mass is 434 g/mol. The fourth-order valence-electron chi connectivity index (χ4n) is 5.99. The van der Waals surface area contributed by atoms with Crippen molar-refractivity contribution in [2.24, 2.45) is 12.5 Å². The molecule has 7 heteroatoms. The smallest absolute Gasteiger partial charge is 0.243 e. The molecule has 0 radical (unpaired) electrons. The van der Waals surface area contributed by atoms with E-state index in [-0.39, 0.29) is 11.4 Å². The highest BCUT2D eigenvalue weighted by molar-refractivity contribution is 7.89. The summed E-state index contributed by atoms with van der Waals surface area (Å²) in [6, 6.07) is 18.7. The van der Waals surface area contributed by atoms with Crippen LogP contribution in [0.5, 0.6) is 0 Å². The highest BCUT2D eigenvalue weighted by atomic mass is 32.2. The predicted molar refractivity (Wildman–Crippen MR) is 118 cm³/mol. The van der Waals surface area contributed by atoms with Gasteiger partial charge in [0, 0.05) is 37.3 Å². The molecule has 1 aromatic heterocycles. The van der Waals surface area contributed by atoms with Crippen LogP contribution in [0.25, 0.3) is 0 Å². The summed E-state index contributed by atoms with van der Waals surface area (Å²) >= 11 is 0. The molecule has 3 aromatic rings. The van der Waals surface area contributed by atoms with E-state index in [4.69, 9.17) is 0 Å². The average molecular weight is 435 g/mol. The van der Waals surface area contributed by atoms with Crippen molar-refractivity contribution in [3.05, 3.63) is 83.2 Å². The van der Waals surface area contributed by atoms with Gasteiger partial charge in [-0.2, -0.15) is 5.10 Å². The van der Waals surface area contributed by atoms with Gasteiger partial charge in [0.25, 0.3) is 0 Å². The number of benzene rings is 2. The number of sulfonamides is 1. The average Bonchev–Trinajstić information content (AvgIpc) is 3.51. The summed E-state index contributed by atoms with van der Waals surface area (Å²) in [4.78, 5) is 2.67. The Morgan fingerprint density at radius 1 is 1.10 bits per heavy atom. The molecule has 3 atom stereocenters. The summed E-state index contributed by atoms with van der Waals surface area (Å²) in [5.74, 6) is 0.492. The Kier molecular flexibility index (Phi) is 4.04. The minimum Gasteiger partial charge on any atom is -0.296 e. The SMILES string of the molecule is CN1C2C1C21Cc2ccc(CNS(=O)(=O)c3cnn(C)c3)cc2C1Cc1ccccc1.